The van der Waals surface area contributed by atoms with E-state index in [0.29, 0.717) is 12.8 Å². The molecule has 29 heavy (non-hydrogen) atoms. The van der Waals surface area contributed by atoms with Crippen LogP contribution >= 0.6 is 0 Å². The number of carboxylic acids is 2. The fourth-order valence-electron chi connectivity index (χ4n) is 3.14. The maximum Gasteiger partial charge on any atom is 0.303 e. The van der Waals surface area contributed by atoms with Crippen molar-refractivity contribution in [3.63, 3.8) is 0 Å². The first-order valence-electron chi connectivity index (χ1n) is 9.96. The number of phenols is 1. The van der Waals surface area contributed by atoms with Gasteiger partial charge in [-0.05, 0) is 72.9 Å². The van der Waals surface area contributed by atoms with Gasteiger partial charge in [0.25, 0.3) is 0 Å². The number of rotatable bonds is 12. The lowest BCUT2D eigenvalue weighted by molar-refractivity contribution is -0.138. The second-order valence-electron chi connectivity index (χ2n) is 7.21. The van der Waals surface area contributed by atoms with Gasteiger partial charge in [-0.15, -0.1) is 0 Å². The van der Waals surface area contributed by atoms with Crippen molar-refractivity contribution in [1.82, 2.24) is 0 Å². The second kappa shape index (κ2) is 11.7. The van der Waals surface area contributed by atoms with E-state index < -0.39 is 11.9 Å². The van der Waals surface area contributed by atoms with Gasteiger partial charge < -0.3 is 15.3 Å². The number of hydrogen-bond acceptors (Lipinski definition) is 3. The number of carbonyl (C=O) groups is 2. The maximum atomic E-state index is 10.6. The largest absolute Gasteiger partial charge is 0.508 e. The Labute approximate surface area is 171 Å². The van der Waals surface area contributed by atoms with E-state index in [2.05, 4.69) is 12.1 Å². The molecular formula is C24H28O5. The first-order chi connectivity index (χ1) is 13.9. The highest BCUT2D eigenvalue weighted by Gasteiger charge is 2.02. The highest BCUT2D eigenvalue weighted by molar-refractivity contribution is 5.70. The van der Waals surface area contributed by atoms with Crippen LogP contribution in [0, 0.1) is 0 Å². The number of carboxylic acid groups (broad SMARTS) is 2. The molecule has 0 aromatic heterocycles. The Kier molecular flexibility index (Phi) is 8.96. The van der Waals surface area contributed by atoms with E-state index in [0.717, 1.165) is 42.4 Å². The standard InChI is InChI=1S/C24H28O5/c25-22-16-20(6-2-4-8-24(28)29)15-21(17-22)14-13-19-11-9-18(10-12-19)5-1-3-7-23(26)27/h9-17,25H,1-8H2,(H,26,27)(H,28,29). The molecule has 3 N–H and O–H groups in total. The summed E-state index contributed by atoms with van der Waals surface area (Å²) < 4.78 is 0. The molecule has 5 heteroatoms. The van der Waals surface area contributed by atoms with Gasteiger partial charge in [0.05, 0.1) is 0 Å². The molecule has 2 rings (SSSR count). The number of benzene rings is 2. The van der Waals surface area contributed by atoms with E-state index in [1.165, 1.54) is 5.56 Å². The average molecular weight is 396 g/mol. The molecule has 0 aliphatic carbocycles. The highest BCUT2D eigenvalue weighted by Crippen LogP contribution is 2.20. The van der Waals surface area contributed by atoms with Crippen LogP contribution in [0.15, 0.2) is 42.5 Å². The molecular weight excluding hydrogens is 368 g/mol. The van der Waals surface area contributed by atoms with E-state index in [1.807, 2.05) is 30.4 Å². The van der Waals surface area contributed by atoms with Crippen molar-refractivity contribution in [2.24, 2.45) is 0 Å². The Morgan fingerprint density at radius 3 is 1.83 bits per heavy atom. The van der Waals surface area contributed by atoms with Crippen LogP contribution in [0.2, 0.25) is 0 Å². The van der Waals surface area contributed by atoms with Crippen molar-refractivity contribution in [2.45, 2.75) is 51.4 Å². The molecule has 0 aliphatic heterocycles. The molecule has 0 radical (unpaired) electrons. The van der Waals surface area contributed by atoms with Crippen molar-refractivity contribution in [3.8, 4) is 5.75 Å². The van der Waals surface area contributed by atoms with Crippen molar-refractivity contribution >= 4 is 24.1 Å². The van der Waals surface area contributed by atoms with Crippen LogP contribution in [0.25, 0.3) is 12.2 Å². The number of aromatic hydroxyl groups is 1. The second-order valence-corrected chi connectivity index (χ2v) is 7.21. The minimum absolute atomic E-state index is 0.168. The third kappa shape index (κ3) is 9.10. The first kappa shape index (κ1) is 22.2. The molecule has 0 fully saturated rings. The Morgan fingerprint density at radius 2 is 1.24 bits per heavy atom. The summed E-state index contributed by atoms with van der Waals surface area (Å²) in [4.78, 5) is 21.1. The van der Waals surface area contributed by atoms with Crippen LogP contribution in [-0.4, -0.2) is 27.3 Å². The normalized spacial score (nSPS) is 11.0. The molecule has 5 nitrogen and oxygen atoms in total. The summed E-state index contributed by atoms with van der Waals surface area (Å²) in [5.41, 5.74) is 4.13. The monoisotopic (exact) mass is 396 g/mol. The molecule has 0 amide bonds. The first-order valence-corrected chi connectivity index (χ1v) is 9.96. The number of aliphatic carboxylic acids is 2. The quantitative estimate of drug-likeness (QED) is 0.340. The van der Waals surface area contributed by atoms with E-state index >= 15 is 0 Å². The Hall–Kier alpha value is -3.08. The summed E-state index contributed by atoms with van der Waals surface area (Å²) in [7, 11) is 0. The van der Waals surface area contributed by atoms with Crippen molar-refractivity contribution in [1.29, 1.82) is 0 Å². The summed E-state index contributed by atoms with van der Waals surface area (Å²) in [6, 6.07) is 13.6. The average Bonchev–Trinajstić information content (AvgIpc) is 2.67. The molecule has 0 saturated heterocycles. The van der Waals surface area contributed by atoms with Gasteiger partial charge in [-0.2, -0.15) is 0 Å². The molecule has 2 aromatic carbocycles. The van der Waals surface area contributed by atoms with Crippen molar-refractivity contribution < 1.29 is 24.9 Å². The lowest BCUT2D eigenvalue weighted by Crippen LogP contribution is -1.95. The Bertz CT molecular complexity index is 837. The molecule has 0 bridgehead atoms. The summed E-state index contributed by atoms with van der Waals surface area (Å²) in [5.74, 6) is -1.33. The van der Waals surface area contributed by atoms with Gasteiger partial charge in [0.2, 0.25) is 0 Å². The van der Waals surface area contributed by atoms with Gasteiger partial charge in [0, 0.05) is 12.8 Å². The van der Waals surface area contributed by atoms with Crippen LogP contribution in [0.5, 0.6) is 5.75 Å². The third-order valence-corrected chi connectivity index (χ3v) is 4.66. The van der Waals surface area contributed by atoms with Gasteiger partial charge in [0.15, 0.2) is 0 Å². The topological polar surface area (TPSA) is 94.8 Å². The van der Waals surface area contributed by atoms with E-state index in [9.17, 15) is 14.7 Å². The summed E-state index contributed by atoms with van der Waals surface area (Å²) in [5, 5.41) is 27.3. The summed E-state index contributed by atoms with van der Waals surface area (Å²) >= 11 is 0. The zero-order chi connectivity index (χ0) is 21.1. The van der Waals surface area contributed by atoms with Gasteiger partial charge in [-0.3, -0.25) is 9.59 Å². The summed E-state index contributed by atoms with van der Waals surface area (Å²) in [6.07, 6.45) is 8.86. The molecule has 0 unspecified atom stereocenters. The van der Waals surface area contributed by atoms with Crippen LogP contribution in [0.4, 0.5) is 0 Å². The van der Waals surface area contributed by atoms with Gasteiger partial charge in [0.1, 0.15) is 5.75 Å². The zero-order valence-electron chi connectivity index (χ0n) is 16.5. The molecule has 2 aromatic rings. The fraction of sp³-hybridized carbons (Fsp3) is 0.333. The number of hydrogen-bond donors (Lipinski definition) is 3. The molecule has 0 heterocycles. The van der Waals surface area contributed by atoms with Crippen LogP contribution in [-0.2, 0) is 22.4 Å². The minimum atomic E-state index is -0.782. The number of aryl methyl sites for hydroxylation is 2. The minimum Gasteiger partial charge on any atom is -0.508 e. The predicted octanol–water partition coefficient (Wildman–Crippen LogP) is 5.16. The lowest BCUT2D eigenvalue weighted by atomic mass is 10.0. The predicted molar refractivity (Wildman–Crippen MR) is 114 cm³/mol. The van der Waals surface area contributed by atoms with Gasteiger partial charge >= 0.3 is 11.9 Å². The van der Waals surface area contributed by atoms with Crippen LogP contribution in [0.3, 0.4) is 0 Å². The van der Waals surface area contributed by atoms with E-state index in [1.54, 1.807) is 12.1 Å². The van der Waals surface area contributed by atoms with Gasteiger partial charge in [-0.1, -0.05) is 42.5 Å². The highest BCUT2D eigenvalue weighted by atomic mass is 16.4. The Morgan fingerprint density at radius 1 is 0.690 bits per heavy atom. The fourth-order valence-corrected chi connectivity index (χ4v) is 3.14. The van der Waals surface area contributed by atoms with Crippen LogP contribution in [0.1, 0.15) is 60.8 Å². The SMILES string of the molecule is O=C(O)CCCCc1ccc(C=Cc2cc(O)cc(CCCCC(=O)O)c2)cc1. The lowest BCUT2D eigenvalue weighted by Gasteiger charge is -2.05. The zero-order valence-corrected chi connectivity index (χ0v) is 16.5. The van der Waals surface area contributed by atoms with E-state index in [4.69, 9.17) is 10.2 Å². The molecule has 0 atom stereocenters. The summed E-state index contributed by atoms with van der Waals surface area (Å²) in [6.45, 7) is 0. The van der Waals surface area contributed by atoms with Gasteiger partial charge in [-0.25, -0.2) is 0 Å². The smallest absolute Gasteiger partial charge is 0.303 e. The maximum absolute atomic E-state index is 10.6. The number of unbranched alkanes of at least 4 members (excludes halogenated alkanes) is 2. The molecule has 154 valence electrons. The number of phenolic OH excluding ortho intramolecular Hbond substituents is 1. The van der Waals surface area contributed by atoms with Crippen molar-refractivity contribution in [3.05, 3.63) is 64.7 Å². The Balaban J connectivity index is 1.89. The molecule has 0 saturated carbocycles. The third-order valence-electron chi connectivity index (χ3n) is 4.66. The van der Waals surface area contributed by atoms with Crippen molar-refractivity contribution in [2.75, 3.05) is 0 Å². The van der Waals surface area contributed by atoms with E-state index in [-0.39, 0.29) is 18.6 Å². The molecule has 0 aliphatic rings. The van der Waals surface area contributed by atoms with Crippen LogP contribution < -0.4 is 0 Å². The molecule has 0 spiro atoms.